The van der Waals surface area contributed by atoms with Crippen molar-refractivity contribution < 1.29 is 9.90 Å². The Morgan fingerprint density at radius 1 is 1.33 bits per heavy atom. The van der Waals surface area contributed by atoms with Gasteiger partial charge in [-0.05, 0) is 31.1 Å². The van der Waals surface area contributed by atoms with Crippen molar-refractivity contribution in [2.24, 2.45) is 0 Å². The maximum absolute atomic E-state index is 12.1. The largest absolute Gasteiger partial charge is 0.395 e. The second-order valence-electron chi connectivity index (χ2n) is 5.10. The topological polar surface area (TPSA) is 66.3 Å². The normalized spacial score (nSPS) is 14.7. The van der Waals surface area contributed by atoms with Crippen molar-refractivity contribution in [1.29, 1.82) is 0 Å². The van der Waals surface area contributed by atoms with E-state index in [1.54, 1.807) is 17.2 Å². The Hall–Kier alpha value is -2.27. The van der Waals surface area contributed by atoms with Crippen LogP contribution in [0.15, 0.2) is 36.5 Å². The lowest BCUT2D eigenvalue weighted by atomic mass is 10.3. The van der Waals surface area contributed by atoms with Crippen LogP contribution in [0.5, 0.6) is 0 Å². The van der Waals surface area contributed by atoms with Crippen LogP contribution in [0.4, 0.5) is 0 Å². The van der Waals surface area contributed by atoms with Gasteiger partial charge in [0, 0.05) is 18.7 Å². The Morgan fingerprint density at radius 3 is 2.81 bits per heavy atom. The van der Waals surface area contributed by atoms with Gasteiger partial charge in [-0.25, -0.2) is 4.98 Å². The van der Waals surface area contributed by atoms with E-state index in [9.17, 15) is 4.79 Å². The number of aromatic nitrogens is 2. The molecule has 0 saturated heterocycles. The summed E-state index contributed by atoms with van der Waals surface area (Å²) in [5.74, 6) is -0.0819. The molecule has 2 aromatic rings. The van der Waals surface area contributed by atoms with E-state index in [1.165, 1.54) is 6.08 Å². The van der Waals surface area contributed by atoms with Crippen molar-refractivity contribution in [3.8, 4) is 0 Å². The first-order chi connectivity index (χ1) is 10.3. The molecule has 3 rings (SSSR count). The molecule has 0 unspecified atom stereocenters. The first kappa shape index (κ1) is 13.7. The lowest BCUT2D eigenvalue weighted by Crippen LogP contribution is -2.34. The third kappa shape index (κ3) is 3.25. The molecule has 1 N–H and O–H groups in total. The van der Waals surface area contributed by atoms with Gasteiger partial charge in [-0.3, -0.25) is 9.78 Å². The minimum Gasteiger partial charge on any atom is -0.395 e. The smallest absolute Gasteiger partial charge is 0.246 e. The van der Waals surface area contributed by atoms with Gasteiger partial charge < -0.3 is 10.0 Å². The molecule has 5 nitrogen and oxygen atoms in total. The highest BCUT2D eigenvalue weighted by Gasteiger charge is 2.30. The zero-order valence-corrected chi connectivity index (χ0v) is 11.6. The molecule has 0 atom stereocenters. The Balaban J connectivity index is 1.75. The molecule has 0 aliphatic heterocycles. The maximum atomic E-state index is 12.1. The van der Waals surface area contributed by atoms with E-state index in [0.717, 1.165) is 23.9 Å². The third-order valence-electron chi connectivity index (χ3n) is 3.48. The molecule has 1 aliphatic carbocycles. The molecule has 1 saturated carbocycles. The number of carbonyl (C=O) groups is 1. The van der Waals surface area contributed by atoms with Crippen molar-refractivity contribution in [3.05, 3.63) is 42.2 Å². The summed E-state index contributed by atoms with van der Waals surface area (Å²) >= 11 is 0. The standard InChI is InChI=1S/C16H17N3O2/c20-10-9-19(13-6-7-13)16(21)8-5-12-11-17-14-3-1-2-4-15(14)18-12/h1-5,8,11,13,20H,6-7,9-10H2/b8-5+. The molecule has 1 fully saturated rings. The van der Waals surface area contributed by atoms with Crippen molar-refractivity contribution >= 4 is 23.0 Å². The van der Waals surface area contributed by atoms with E-state index in [-0.39, 0.29) is 18.6 Å². The van der Waals surface area contributed by atoms with Crippen LogP contribution in [-0.2, 0) is 4.79 Å². The summed E-state index contributed by atoms with van der Waals surface area (Å²) in [6.45, 7) is 0.378. The molecule has 1 heterocycles. The second-order valence-corrected chi connectivity index (χ2v) is 5.10. The second kappa shape index (κ2) is 6.01. The number of aliphatic hydroxyl groups is 1. The summed E-state index contributed by atoms with van der Waals surface area (Å²) in [7, 11) is 0. The van der Waals surface area contributed by atoms with Gasteiger partial charge in [-0.15, -0.1) is 0 Å². The number of hydrogen-bond donors (Lipinski definition) is 1. The fourth-order valence-corrected chi connectivity index (χ4v) is 2.27. The lowest BCUT2D eigenvalue weighted by Gasteiger charge is -2.19. The van der Waals surface area contributed by atoms with Gasteiger partial charge in [0.15, 0.2) is 0 Å². The van der Waals surface area contributed by atoms with Crippen LogP contribution in [0.1, 0.15) is 18.5 Å². The van der Waals surface area contributed by atoms with Crippen molar-refractivity contribution in [1.82, 2.24) is 14.9 Å². The van der Waals surface area contributed by atoms with E-state index in [4.69, 9.17) is 5.11 Å². The fourth-order valence-electron chi connectivity index (χ4n) is 2.27. The monoisotopic (exact) mass is 283 g/mol. The number of carbonyl (C=O) groups excluding carboxylic acids is 1. The first-order valence-corrected chi connectivity index (χ1v) is 7.09. The minimum absolute atomic E-state index is 0.00808. The van der Waals surface area contributed by atoms with Crippen LogP contribution in [0.25, 0.3) is 17.1 Å². The number of benzene rings is 1. The summed E-state index contributed by atoms with van der Waals surface area (Å²) in [6.07, 6.45) is 6.88. The van der Waals surface area contributed by atoms with Gasteiger partial charge in [0.25, 0.3) is 0 Å². The molecule has 108 valence electrons. The van der Waals surface area contributed by atoms with Crippen LogP contribution in [0.3, 0.4) is 0 Å². The molecule has 0 radical (unpaired) electrons. The number of aliphatic hydroxyl groups excluding tert-OH is 1. The summed E-state index contributed by atoms with van der Waals surface area (Å²) < 4.78 is 0. The molecule has 1 aromatic heterocycles. The van der Waals surface area contributed by atoms with E-state index >= 15 is 0 Å². The number of amides is 1. The molecule has 1 aromatic carbocycles. The van der Waals surface area contributed by atoms with Crippen molar-refractivity contribution in [2.75, 3.05) is 13.2 Å². The lowest BCUT2D eigenvalue weighted by molar-refractivity contribution is -0.127. The maximum Gasteiger partial charge on any atom is 0.246 e. The van der Waals surface area contributed by atoms with E-state index in [1.807, 2.05) is 24.3 Å². The summed E-state index contributed by atoms with van der Waals surface area (Å²) in [4.78, 5) is 22.6. The number of rotatable bonds is 5. The SMILES string of the molecule is O=C(/C=C/c1cnc2ccccc2n1)N(CCO)C1CC1. The quantitative estimate of drug-likeness (QED) is 0.847. The number of nitrogens with zero attached hydrogens (tertiary/aromatic N) is 3. The molecule has 0 bridgehead atoms. The Labute approximate surface area is 122 Å². The average Bonchev–Trinajstić information content (AvgIpc) is 3.34. The summed E-state index contributed by atoms with van der Waals surface area (Å²) in [5, 5.41) is 9.03. The number of fused-ring (bicyclic) bond motifs is 1. The van der Waals surface area contributed by atoms with Gasteiger partial charge in [0.1, 0.15) is 0 Å². The average molecular weight is 283 g/mol. The molecular formula is C16H17N3O2. The van der Waals surface area contributed by atoms with Crippen LogP contribution >= 0.6 is 0 Å². The first-order valence-electron chi connectivity index (χ1n) is 7.09. The van der Waals surface area contributed by atoms with Gasteiger partial charge in [0.05, 0.1) is 29.5 Å². The fraction of sp³-hybridized carbons (Fsp3) is 0.312. The van der Waals surface area contributed by atoms with Gasteiger partial charge >= 0.3 is 0 Å². The van der Waals surface area contributed by atoms with E-state index < -0.39 is 0 Å². The van der Waals surface area contributed by atoms with Gasteiger partial charge in [-0.2, -0.15) is 0 Å². The third-order valence-corrected chi connectivity index (χ3v) is 3.48. The number of para-hydroxylation sites is 2. The minimum atomic E-state index is -0.0819. The highest BCUT2D eigenvalue weighted by atomic mass is 16.3. The molecule has 21 heavy (non-hydrogen) atoms. The van der Waals surface area contributed by atoms with Gasteiger partial charge in [-0.1, -0.05) is 12.1 Å². The van der Waals surface area contributed by atoms with Crippen LogP contribution in [-0.4, -0.2) is 45.1 Å². The van der Waals surface area contributed by atoms with Crippen LogP contribution < -0.4 is 0 Å². The predicted octanol–water partition coefficient (Wildman–Crippen LogP) is 1.63. The van der Waals surface area contributed by atoms with Crippen LogP contribution in [0, 0.1) is 0 Å². The molecule has 1 amide bonds. The molecular weight excluding hydrogens is 266 g/mol. The van der Waals surface area contributed by atoms with Crippen LogP contribution in [0.2, 0.25) is 0 Å². The molecule has 5 heteroatoms. The van der Waals surface area contributed by atoms with E-state index in [0.29, 0.717) is 12.2 Å². The highest BCUT2D eigenvalue weighted by molar-refractivity contribution is 5.92. The Morgan fingerprint density at radius 2 is 2.10 bits per heavy atom. The highest BCUT2D eigenvalue weighted by Crippen LogP contribution is 2.26. The number of hydrogen-bond acceptors (Lipinski definition) is 4. The van der Waals surface area contributed by atoms with Crippen molar-refractivity contribution in [2.45, 2.75) is 18.9 Å². The van der Waals surface area contributed by atoms with Crippen molar-refractivity contribution in [3.63, 3.8) is 0 Å². The predicted molar refractivity (Wildman–Crippen MR) is 80.4 cm³/mol. The van der Waals surface area contributed by atoms with Gasteiger partial charge in [0.2, 0.25) is 5.91 Å². The van der Waals surface area contributed by atoms with E-state index in [2.05, 4.69) is 9.97 Å². The zero-order chi connectivity index (χ0) is 14.7. The Bertz CT molecular complexity index is 680. The molecule has 1 aliphatic rings. The molecule has 0 spiro atoms. The summed E-state index contributed by atoms with van der Waals surface area (Å²) in [5.41, 5.74) is 2.30. The Kier molecular flexibility index (Phi) is 3.92. The summed E-state index contributed by atoms with van der Waals surface area (Å²) in [6, 6.07) is 7.90. The zero-order valence-electron chi connectivity index (χ0n) is 11.6.